The number of ether oxygens (including phenoxy) is 1. The van der Waals surface area contributed by atoms with E-state index >= 15 is 0 Å². The molecule has 1 aromatic carbocycles. The summed E-state index contributed by atoms with van der Waals surface area (Å²) in [6, 6.07) is 6.40. The molecule has 0 aromatic heterocycles. The molecule has 1 heterocycles. The van der Waals surface area contributed by atoms with Crippen molar-refractivity contribution in [1.82, 2.24) is 14.5 Å². The zero-order valence-electron chi connectivity index (χ0n) is 16.0. The Morgan fingerprint density at radius 1 is 1.15 bits per heavy atom. The molecule has 1 aliphatic heterocycles. The van der Waals surface area contributed by atoms with Gasteiger partial charge in [-0.25, -0.2) is 8.42 Å². The second kappa shape index (κ2) is 8.37. The van der Waals surface area contributed by atoms with Gasteiger partial charge in [0.1, 0.15) is 5.75 Å². The molecule has 1 aliphatic rings. The van der Waals surface area contributed by atoms with E-state index in [-0.39, 0.29) is 16.3 Å². The third kappa shape index (κ3) is 5.18. The lowest BCUT2D eigenvalue weighted by atomic mass is 10.0. The molecule has 1 saturated heterocycles. The summed E-state index contributed by atoms with van der Waals surface area (Å²) >= 11 is 0. The number of hydrogen-bond acceptors (Lipinski definition) is 5. The third-order valence-corrected chi connectivity index (χ3v) is 6.67. The largest absolute Gasteiger partial charge is 0.497 e. The number of hydrogen-bond donors (Lipinski definition) is 1. The molecule has 1 aromatic rings. The van der Waals surface area contributed by atoms with Gasteiger partial charge in [-0.3, -0.25) is 9.69 Å². The Bertz CT molecular complexity index is 708. The summed E-state index contributed by atoms with van der Waals surface area (Å²) in [5.41, 5.74) is -0.226. The van der Waals surface area contributed by atoms with Crippen molar-refractivity contribution in [3.63, 3.8) is 0 Å². The summed E-state index contributed by atoms with van der Waals surface area (Å²) < 4.78 is 32.0. The summed E-state index contributed by atoms with van der Waals surface area (Å²) in [5.74, 6) is 0.595. The number of piperazine rings is 1. The quantitative estimate of drug-likeness (QED) is 0.768. The predicted octanol–water partition coefficient (Wildman–Crippen LogP) is 1.31. The van der Waals surface area contributed by atoms with E-state index in [1.807, 2.05) is 25.7 Å². The Balaban J connectivity index is 1.91. The van der Waals surface area contributed by atoms with E-state index in [1.54, 1.807) is 31.4 Å². The number of nitrogens with zero attached hydrogens (tertiary/aromatic N) is 2. The Morgan fingerprint density at radius 3 is 2.23 bits per heavy atom. The molecule has 0 atom stereocenters. The summed E-state index contributed by atoms with van der Waals surface area (Å²) in [7, 11) is -1.98. The van der Waals surface area contributed by atoms with Crippen LogP contribution in [0.2, 0.25) is 0 Å². The van der Waals surface area contributed by atoms with Gasteiger partial charge in [-0.15, -0.1) is 0 Å². The van der Waals surface area contributed by atoms with Crippen LogP contribution in [0, 0.1) is 0 Å². The van der Waals surface area contributed by atoms with Gasteiger partial charge < -0.3 is 10.1 Å². The Morgan fingerprint density at radius 2 is 1.73 bits per heavy atom. The molecule has 1 fully saturated rings. The second-order valence-corrected chi connectivity index (χ2v) is 9.08. The fourth-order valence-corrected chi connectivity index (χ4v) is 4.16. The van der Waals surface area contributed by atoms with Gasteiger partial charge >= 0.3 is 0 Å². The van der Waals surface area contributed by atoms with Gasteiger partial charge in [-0.2, -0.15) is 4.31 Å². The molecule has 1 N–H and O–H groups in total. The van der Waals surface area contributed by atoms with Crippen LogP contribution >= 0.6 is 0 Å². The first-order valence-electron chi connectivity index (χ1n) is 8.85. The number of rotatable bonds is 7. The van der Waals surface area contributed by atoms with Crippen molar-refractivity contribution >= 4 is 15.9 Å². The van der Waals surface area contributed by atoms with Crippen LogP contribution in [0.15, 0.2) is 29.2 Å². The van der Waals surface area contributed by atoms with E-state index in [9.17, 15) is 13.2 Å². The van der Waals surface area contributed by atoms with Crippen molar-refractivity contribution in [2.75, 3.05) is 39.8 Å². The number of methoxy groups -OCH3 is 1. The van der Waals surface area contributed by atoms with E-state index in [1.165, 1.54) is 4.31 Å². The maximum Gasteiger partial charge on any atom is 0.243 e. The molecule has 7 nitrogen and oxygen atoms in total. The molecular formula is C18H29N3O4S. The molecule has 0 unspecified atom stereocenters. The number of benzene rings is 1. The van der Waals surface area contributed by atoms with Crippen LogP contribution in [-0.2, 0) is 14.8 Å². The fraction of sp³-hybridized carbons (Fsp3) is 0.611. The van der Waals surface area contributed by atoms with Crippen LogP contribution in [0.4, 0.5) is 0 Å². The fourth-order valence-electron chi connectivity index (χ4n) is 2.73. The normalized spacial score (nSPS) is 17.1. The lowest BCUT2D eigenvalue weighted by Crippen LogP contribution is -2.53. The Labute approximate surface area is 156 Å². The molecule has 2 rings (SSSR count). The predicted molar refractivity (Wildman–Crippen MR) is 101 cm³/mol. The Hall–Kier alpha value is -1.64. The molecule has 26 heavy (non-hydrogen) atoms. The molecule has 0 radical (unpaired) electrons. The molecule has 146 valence electrons. The lowest BCUT2D eigenvalue weighted by Gasteiger charge is -2.34. The minimum Gasteiger partial charge on any atom is -0.497 e. The highest BCUT2D eigenvalue weighted by Crippen LogP contribution is 2.20. The van der Waals surface area contributed by atoms with Crippen LogP contribution in [0.5, 0.6) is 5.75 Å². The molecule has 0 bridgehead atoms. The Kier molecular flexibility index (Phi) is 6.65. The van der Waals surface area contributed by atoms with Crippen molar-refractivity contribution < 1.29 is 17.9 Å². The van der Waals surface area contributed by atoms with Crippen LogP contribution < -0.4 is 10.1 Å². The van der Waals surface area contributed by atoms with Crippen LogP contribution in [0.1, 0.15) is 27.2 Å². The molecule has 1 amide bonds. The average Bonchev–Trinajstić information content (AvgIpc) is 2.61. The van der Waals surface area contributed by atoms with E-state index in [0.29, 0.717) is 38.5 Å². The summed E-state index contributed by atoms with van der Waals surface area (Å²) in [5, 5.41) is 3.01. The average molecular weight is 384 g/mol. The number of sulfonamides is 1. The number of carbonyl (C=O) groups excluding carboxylic acids is 1. The summed E-state index contributed by atoms with van der Waals surface area (Å²) in [6.45, 7) is 8.12. The van der Waals surface area contributed by atoms with Gasteiger partial charge in [-0.1, -0.05) is 6.92 Å². The molecular weight excluding hydrogens is 354 g/mol. The number of carbonyl (C=O) groups is 1. The van der Waals surface area contributed by atoms with Crippen molar-refractivity contribution in [3.05, 3.63) is 24.3 Å². The van der Waals surface area contributed by atoms with E-state index < -0.39 is 10.0 Å². The van der Waals surface area contributed by atoms with Gasteiger partial charge in [-0.05, 0) is 44.5 Å². The molecule has 8 heteroatoms. The molecule has 0 spiro atoms. The molecule has 0 aliphatic carbocycles. The van der Waals surface area contributed by atoms with Crippen molar-refractivity contribution in [1.29, 1.82) is 0 Å². The third-order valence-electron chi connectivity index (χ3n) is 4.76. The van der Waals surface area contributed by atoms with Crippen molar-refractivity contribution in [3.8, 4) is 5.75 Å². The smallest absolute Gasteiger partial charge is 0.243 e. The summed E-state index contributed by atoms with van der Waals surface area (Å²) in [4.78, 5) is 14.4. The van der Waals surface area contributed by atoms with Gasteiger partial charge in [0.25, 0.3) is 0 Å². The monoisotopic (exact) mass is 383 g/mol. The van der Waals surface area contributed by atoms with E-state index in [2.05, 4.69) is 5.32 Å². The standard InChI is InChI=1S/C18H29N3O4S/c1-5-18(2,3)19-17(22)14-20-10-12-21(13-11-20)26(23,24)16-8-6-15(25-4)7-9-16/h6-9H,5,10-14H2,1-4H3,(H,19,22). The van der Waals surface area contributed by atoms with Gasteiger partial charge in [0.2, 0.25) is 15.9 Å². The van der Waals surface area contributed by atoms with Crippen LogP contribution in [0.3, 0.4) is 0 Å². The zero-order valence-corrected chi connectivity index (χ0v) is 16.8. The van der Waals surface area contributed by atoms with Crippen LogP contribution in [-0.4, -0.2) is 68.9 Å². The summed E-state index contributed by atoms with van der Waals surface area (Å²) in [6.07, 6.45) is 0.854. The van der Waals surface area contributed by atoms with Crippen molar-refractivity contribution in [2.24, 2.45) is 0 Å². The first kappa shape index (κ1) is 20.7. The first-order valence-corrected chi connectivity index (χ1v) is 10.3. The lowest BCUT2D eigenvalue weighted by molar-refractivity contribution is -0.124. The van der Waals surface area contributed by atoms with Crippen LogP contribution in [0.25, 0.3) is 0 Å². The van der Waals surface area contributed by atoms with E-state index in [0.717, 1.165) is 6.42 Å². The highest BCUT2D eigenvalue weighted by molar-refractivity contribution is 7.89. The minimum absolute atomic E-state index is 0.0247. The van der Waals surface area contributed by atoms with Crippen molar-refractivity contribution in [2.45, 2.75) is 37.6 Å². The second-order valence-electron chi connectivity index (χ2n) is 7.14. The first-order chi connectivity index (χ1) is 12.2. The SMILES string of the molecule is CCC(C)(C)NC(=O)CN1CCN(S(=O)(=O)c2ccc(OC)cc2)CC1. The topological polar surface area (TPSA) is 79.0 Å². The highest BCUT2D eigenvalue weighted by atomic mass is 32.2. The van der Waals surface area contributed by atoms with Gasteiger partial charge in [0.15, 0.2) is 0 Å². The zero-order chi connectivity index (χ0) is 19.4. The highest BCUT2D eigenvalue weighted by Gasteiger charge is 2.29. The van der Waals surface area contributed by atoms with Gasteiger partial charge in [0, 0.05) is 31.7 Å². The maximum absolute atomic E-state index is 12.7. The minimum atomic E-state index is -3.52. The molecule has 0 saturated carbocycles. The van der Waals surface area contributed by atoms with E-state index in [4.69, 9.17) is 4.74 Å². The number of nitrogens with one attached hydrogen (secondary N) is 1. The maximum atomic E-state index is 12.7. The number of amides is 1. The van der Waals surface area contributed by atoms with Gasteiger partial charge in [0.05, 0.1) is 18.6 Å².